The van der Waals surface area contributed by atoms with Crippen molar-refractivity contribution in [3.63, 3.8) is 0 Å². The van der Waals surface area contributed by atoms with E-state index in [2.05, 4.69) is 62.6 Å². The number of para-hydroxylation sites is 1. The zero-order valence-corrected chi connectivity index (χ0v) is 16.9. The predicted octanol–water partition coefficient (Wildman–Crippen LogP) is 6.68. The molecule has 0 aliphatic rings. The molecule has 0 spiro atoms. The van der Waals surface area contributed by atoms with Gasteiger partial charge in [-0.05, 0) is 73.7 Å². The van der Waals surface area contributed by atoms with Gasteiger partial charge in [0, 0.05) is 16.4 Å². The zero-order valence-electron chi connectivity index (χ0n) is 16.2. The number of hydrogen-bond acceptors (Lipinski definition) is 1. The molecule has 2 nitrogen and oxygen atoms in total. The third-order valence-corrected chi connectivity index (χ3v) is 5.22. The molecule has 3 rings (SSSR count). The molecule has 2 aromatic carbocycles. The Labute approximate surface area is 166 Å². The van der Waals surface area contributed by atoms with Gasteiger partial charge in [-0.2, -0.15) is 5.26 Å². The maximum Gasteiger partial charge on any atom is 0.0998 e. The van der Waals surface area contributed by atoms with Crippen LogP contribution in [0.15, 0.2) is 48.5 Å². The Morgan fingerprint density at radius 3 is 2.44 bits per heavy atom. The van der Waals surface area contributed by atoms with Crippen LogP contribution in [0.2, 0.25) is 5.02 Å². The summed E-state index contributed by atoms with van der Waals surface area (Å²) in [6.07, 6.45) is 2.94. The molecule has 1 aromatic heterocycles. The van der Waals surface area contributed by atoms with Gasteiger partial charge in [0.15, 0.2) is 0 Å². The smallest absolute Gasteiger partial charge is 0.0998 e. The van der Waals surface area contributed by atoms with E-state index < -0.39 is 0 Å². The molecule has 1 heterocycles. The first-order valence-corrected chi connectivity index (χ1v) is 9.49. The SMILES string of the molecule is CCc1cccc(C)c1-n1c(C)cc(/C=C(/C#N)c2ccc(Cl)cc2)c1C. The van der Waals surface area contributed by atoms with Crippen molar-refractivity contribution >= 4 is 23.3 Å². The van der Waals surface area contributed by atoms with E-state index in [0.29, 0.717) is 10.6 Å². The Hall–Kier alpha value is -2.76. The molecule has 0 saturated carbocycles. The summed E-state index contributed by atoms with van der Waals surface area (Å²) in [4.78, 5) is 0. The molecule has 0 radical (unpaired) electrons. The second-order valence-electron chi connectivity index (χ2n) is 6.77. The summed E-state index contributed by atoms with van der Waals surface area (Å²) in [5, 5.41) is 10.3. The summed E-state index contributed by atoms with van der Waals surface area (Å²) >= 11 is 5.97. The summed E-state index contributed by atoms with van der Waals surface area (Å²) in [6, 6.07) is 18.3. The molecule has 136 valence electrons. The molecule has 0 fully saturated rings. The van der Waals surface area contributed by atoms with Crippen LogP contribution in [0.4, 0.5) is 0 Å². The van der Waals surface area contributed by atoms with E-state index in [1.807, 2.05) is 30.3 Å². The lowest BCUT2D eigenvalue weighted by Crippen LogP contribution is -2.05. The number of rotatable bonds is 4. The quantitative estimate of drug-likeness (QED) is 0.468. The van der Waals surface area contributed by atoms with Crippen LogP contribution in [-0.2, 0) is 6.42 Å². The Bertz CT molecular complexity index is 1050. The molecule has 0 aliphatic heterocycles. The number of nitriles is 1. The number of aryl methyl sites for hydroxylation is 3. The van der Waals surface area contributed by atoms with Gasteiger partial charge in [-0.15, -0.1) is 0 Å². The van der Waals surface area contributed by atoms with Crippen LogP contribution < -0.4 is 0 Å². The third-order valence-electron chi connectivity index (χ3n) is 4.97. The van der Waals surface area contributed by atoms with Gasteiger partial charge < -0.3 is 4.57 Å². The minimum atomic E-state index is 0.632. The summed E-state index contributed by atoms with van der Waals surface area (Å²) < 4.78 is 2.30. The summed E-state index contributed by atoms with van der Waals surface area (Å²) in [5.74, 6) is 0. The molecule has 0 N–H and O–H groups in total. The van der Waals surface area contributed by atoms with Crippen LogP contribution in [0.3, 0.4) is 0 Å². The second kappa shape index (κ2) is 7.86. The van der Waals surface area contributed by atoms with E-state index in [1.54, 1.807) is 0 Å². The number of aromatic nitrogens is 1. The van der Waals surface area contributed by atoms with Gasteiger partial charge >= 0.3 is 0 Å². The highest BCUT2D eigenvalue weighted by Crippen LogP contribution is 2.29. The van der Waals surface area contributed by atoms with Crippen molar-refractivity contribution in [2.45, 2.75) is 34.1 Å². The maximum absolute atomic E-state index is 9.66. The van der Waals surface area contributed by atoms with E-state index >= 15 is 0 Å². The Morgan fingerprint density at radius 2 is 1.81 bits per heavy atom. The van der Waals surface area contributed by atoms with Gasteiger partial charge in [0.2, 0.25) is 0 Å². The van der Waals surface area contributed by atoms with Gasteiger partial charge in [-0.25, -0.2) is 0 Å². The predicted molar refractivity (Wildman–Crippen MR) is 114 cm³/mol. The topological polar surface area (TPSA) is 28.7 Å². The van der Waals surface area contributed by atoms with Gasteiger partial charge in [-0.1, -0.05) is 48.9 Å². The van der Waals surface area contributed by atoms with Gasteiger partial charge in [-0.3, -0.25) is 0 Å². The largest absolute Gasteiger partial charge is 0.317 e. The first-order valence-electron chi connectivity index (χ1n) is 9.11. The molecule has 0 amide bonds. The Morgan fingerprint density at radius 1 is 1.11 bits per heavy atom. The van der Waals surface area contributed by atoms with Crippen LogP contribution in [0.5, 0.6) is 0 Å². The molecule has 0 bridgehead atoms. The van der Waals surface area contributed by atoms with Crippen molar-refractivity contribution < 1.29 is 0 Å². The third kappa shape index (κ3) is 3.70. The Kier molecular flexibility index (Phi) is 5.54. The number of allylic oxidation sites excluding steroid dienone is 1. The van der Waals surface area contributed by atoms with Crippen molar-refractivity contribution in [1.29, 1.82) is 5.26 Å². The van der Waals surface area contributed by atoms with Crippen LogP contribution >= 0.6 is 11.6 Å². The highest BCUT2D eigenvalue weighted by Gasteiger charge is 2.14. The fraction of sp³-hybridized carbons (Fsp3) is 0.208. The monoisotopic (exact) mass is 374 g/mol. The van der Waals surface area contributed by atoms with Gasteiger partial charge in [0.1, 0.15) is 0 Å². The lowest BCUT2D eigenvalue weighted by atomic mass is 10.0. The fourth-order valence-corrected chi connectivity index (χ4v) is 3.69. The van der Waals surface area contributed by atoms with E-state index in [1.165, 1.54) is 16.8 Å². The van der Waals surface area contributed by atoms with Crippen molar-refractivity contribution in [3.8, 4) is 11.8 Å². The minimum Gasteiger partial charge on any atom is -0.317 e. The zero-order chi connectivity index (χ0) is 19.6. The summed E-state index contributed by atoms with van der Waals surface area (Å²) in [5.41, 5.74) is 8.69. The van der Waals surface area contributed by atoms with Crippen molar-refractivity contribution in [2.24, 2.45) is 0 Å². The minimum absolute atomic E-state index is 0.632. The number of nitrogens with zero attached hydrogens (tertiary/aromatic N) is 2. The first kappa shape index (κ1) is 19.0. The van der Waals surface area contributed by atoms with E-state index in [-0.39, 0.29) is 0 Å². The molecular weight excluding hydrogens is 352 g/mol. The molecule has 0 atom stereocenters. The summed E-state index contributed by atoms with van der Waals surface area (Å²) in [7, 11) is 0. The Balaban J connectivity index is 2.15. The molecule has 27 heavy (non-hydrogen) atoms. The van der Waals surface area contributed by atoms with Gasteiger partial charge in [0.25, 0.3) is 0 Å². The van der Waals surface area contributed by atoms with Crippen molar-refractivity contribution in [2.75, 3.05) is 0 Å². The van der Waals surface area contributed by atoms with Crippen molar-refractivity contribution in [3.05, 3.63) is 87.2 Å². The average Bonchev–Trinajstić information content (AvgIpc) is 2.93. The lowest BCUT2D eigenvalue weighted by molar-refractivity contribution is 0.925. The van der Waals surface area contributed by atoms with Gasteiger partial charge in [0.05, 0.1) is 17.3 Å². The molecule has 0 aliphatic carbocycles. The van der Waals surface area contributed by atoms with Crippen LogP contribution in [0, 0.1) is 32.1 Å². The maximum atomic E-state index is 9.66. The standard InChI is InChI=1S/C24H23ClN2/c1-5-19-8-6-7-16(2)24(19)27-17(3)13-21(18(27)4)14-22(15-26)20-9-11-23(25)12-10-20/h6-14H,5H2,1-4H3/b22-14-. The molecule has 3 heteroatoms. The molecule has 0 unspecified atom stereocenters. The van der Waals surface area contributed by atoms with Crippen molar-refractivity contribution in [1.82, 2.24) is 4.57 Å². The first-order chi connectivity index (χ1) is 13.0. The van der Waals surface area contributed by atoms with Crippen LogP contribution in [0.1, 0.15) is 40.6 Å². The van der Waals surface area contributed by atoms with E-state index in [9.17, 15) is 5.26 Å². The van der Waals surface area contributed by atoms with Crippen LogP contribution in [0.25, 0.3) is 17.3 Å². The number of halogens is 1. The summed E-state index contributed by atoms with van der Waals surface area (Å²) in [6.45, 7) is 8.56. The van der Waals surface area contributed by atoms with Crippen LogP contribution in [-0.4, -0.2) is 4.57 Å². The molecular formula is C24H23ClN2. The molecule has 0 saturated heterocycles. The highest BCUT2D eigenvalue weighted by molar-refractivity contribution is 6.30. The average molecular weight is 375 g/mol. The van der Waals surface area contributed by atoms with E-state index in [0.717, 1.165) is 28.9 Å². The molecule has 3 aromatic rings. The number of hydrogen-bond donors (Lipinski definition) is 0. The lowest BCUT2D eigenvalue weighted by Gasteiger charge is -2.17. The normalized spacial score (nSPS) is 11.5. The highest BCUT2D eigenvalue weighted by atomic mass is 35.5. The second-order valence-corrected chi connectivity index (χ2v) is 7.21. The number of benzene rings is 2. The fourth-order valence-electron chi connectivity index (χ4n) is 3.57. The van der Waals surface area contributed by atoms with E-state index in [4.69, 9.17) is 11.6 Å².